The Balaban J connectivity index is 2.39. The van der Waals surface area contributed by atoms with Gasteiger partial charge in [-0.05, 0) is 31.5 Å². The summed E-state index contributed by atoms with van der Waals surface area (Å²) in [7, 11) is 4.34. The topological polar surface area (TPSA) is 32.5 Å². The van der Waals surface area contributed by atoms with Crippen LogP contribution in [0.25, 0.3) is 0 Å². The predicted molar refractivity (Wildman–Crippen MR) is 70.3 cm³/mol. The summed E-state index contributed by atoms with van der Waals surface area (Å²) in [6.45, 7) is 3.99. The van der Waals surface area contributed by atoms with Crippen molar-refractivity contribution in [2.24, 2.45) is 5.73 Å². The second kappa shape index (κ2) is 4.34. The molecule has 1 aliphatic heterocycles. The lowest BCUT2D eigenvalue weighted by Gasteiger charge is -2.42. The second-order valence-corrected chi connectivity index (χ2v) is 4.67. The monoisotopic (exact) mass is 219 g/mol. The zero-order valence-electron chi connectivity index (χ0n) is 10.4. The summed E-state index contributed by atoms with van der Waals surface area (Å²) < 4.78 is 0. The van der Waals surface area contributed by atoms with Crippen LogP contribution in [0.1, 0.15) is 12.0 Å². The third-order valence-corrected chi connectivity index (χ3v) is 3.51. The quantitative estimate of drug-likeness (QED) is 0.820. The van der Waals surface area contributed by atoms with Crippen molar-refractivity contribution in [3.63, 3.8) is 0 Å². The minimum absolute atomic E-state index is 0.532. The molecule has 0 aromatic heterocycles. The maximum Gasteiger partial charge on any atom is 0.0631 e. The summed E-state index contributed by atoms with van der Waals surface area (Å²) >= 11 is 0. The number of nitrogens with two attached hydrogens (primary N) is 1. The van der Waals surface area contributed by atoms with Crippen molar-refractivity contribution in [2.45, 2.75) is 19.4 Å². The first-order valence-electron chi connectivity index (χ1n) is 5.88. The Hall–Kier alpha value is -1.22. The van der Waals surface area contributed by atoms with Crippen LogP contribution in [-0.4, -0.2) is 33.2 Å². The van der Waals surface area contributed by atoms with Gasteiger partial charge in [0.15, 0.2) is 0 Å². The number of para-hydroxylation sites is 1. The van der Waals surface area contributed by atoms with E-state index in [0.29, 0.717) is 6.04 Å². The van der Waals surface area contributed by atoms with Gasteiger partial charge < -0.3 is 15.5 Å². The molecule has 0 fully saturated rings. The summed E-state index contributed by atoms with van der Waals surface area (Å²) in [5, 5.41) is 0. The number of hydrogen-bond acceptors (Lipinski definition) is 3. The van der Waals surface area contributed by atoms with Crippen LogP contribution < -0.4 is 15.5 Å². The van der Waals surface area contributed by atoms with Gasteiger partial charge in [0.2, 0.25) is 0 Å². The molecule has 1 aliphatic rings. The average Bonchev–Trinajstić information content (AvgIpc) is 2.25. The smallest absolute Gasteiger partial charge is 0.0631 e. The number of hydrogen-bond donors (Lipinski definition) is 1. The van der Waals surface area contributed by atoms with Crippen LogP contribution in [0.2, 0.25) is 0 Å². The fraction of sp³-hybridized carbons (Fsp3) is 0.538. The molecule has 1 heterocycles. The van der Waals surface area contributed by atoms with Crippen LogP contribution in [0.4, 0.5) is 11.4 Å². The normalized spacial score (nSPS) is 19.9. The van der Waals surface area contributed by atoms with Crippen molar-refractivity contribution < 1.29 is 0 Å². The first-order valence-corrected chi connectivity index (χ1v) is 5.88. The zero-order chi connectivity index (χ0) is 11.7. The molecule has 1 aromatic rings. The summed E-state index contributed by atoms with van der Waals surface area (Å²) in [4.78, 5) is 4.72. The van der Waals surface area contributed by atoms with Crippen molar-refractivity contribution in [3.8, 4) is 0 Å². The molecule has 0 amide bonds. The number of anilines is 2. The number of aryl methyl sites for hydroxylation is 1. The Morgan fingerprint density at radius 2 is 2.12 bits per heavy atom. The molecular formula is C13H21N3. The molecule has 1 aromatic carbocycles. The number of rotatable bonds is 2. The zero-order valence-corrected chi connectivity index (χ0v) is 10.4. The molecule has 1 atom stereocenters. The van der Waals surface area contributed by atoms with E-state index in [9.17, 15) is 0 Å². The lowest BCUT2D eigenvalue weighted by Crippen LogP contribution is -2.47. The summed E-state index contributed by atoms with van der Waals surface area (Å²) in [6.07, 6.45) is 1.05. The lowest BCUT2D eigenvalue weighted by molar-refractivity contribution is 0.566. The van der Waals surface area contributed by atoms with Crippen LogP contribution in [0, 0.1) is 6.92 Å². The summed E-state index contributed by atoms with van der Waals surface area (Å²) in [6, 6.07) is 7.03. The third kappa shape index (κ3) is 1.76. The molecule has 0 saturated heterocycles. The fourth-order valence-corrected chi connectivity index (χ4v) is 2.63. The highest BCUT2D eigenvalue weighted by atomic mass is 15.3. The van der Waals surface area contributed by atoms with Crippen LogP contribution in [0.15, 0.2) is 18.2 Å². The van der Waals surface area contributed by atoms with Gasteiger partial charge in [-0.25, -0.2) is 0 Å². The average molecular weight is 219 g/mol. The van der Waals surface area contributed by atoms with E-state index < -0.39 is 0 Å². The molecule has 0 bridgehead atoms. The maximum atomic E-state index is 5.67. The maximum absolute atomic E-state index is 5.67. The van der Waals surface area contributed by atoms with E-state index in [1.54, 1.807) is 0 Å². The van der Waals surface area contributed by atoms with Crippen molar-refractivity contribution >= 4 is 11.4 Å². The molecule has 0 saturated carbocycles. The fourth-order valence-electron chi connectivity index (χ4n) is 2.63. The van der Waals surface area contributed by atoms with Crippen molar-refractivity contribution in [3.05, 3.63) is 23.8 Å². The first-order chi connectivity index (χ1) is 7.65. The molecule has 2 rings (SSSR count). The van der Waals surface area contributed by atoms with E-state index in [4.69, 9.17) is 5.73 Å². The van der Waals surface area contributed by atoms with Crippen molar-refractivity contribution in [1.82, 2.24) is 0 Å². The standard InChI is InChI=1S/C13H21N3/c1-10-5-4-6-12-13(10)15(2)9-11(7-8-14)16(12)3/h4-6,11H,7-9,14H2,1-3H3. The Kier molecular flexibility index (Phi) is 3.06. The lowest BCUT2D eigenvalue weighted by atomic mass is 10.0. The van der Waals surface area contributed by atoms with E-state index in [1.807, 2.05) is 0 Å². The van der Waals surface area contributed by atoms with Crippen LogP contribution in [0.5, 0.6) is 0 Å². The molecule has 16 heavy (non-hydrogen) atoms. The van der Waals surface area contributed by atoms with E-state index in [-0.39, 0.29) is 0 Å². The highest BCUT2D eigenvalue weighted by Crippen LogP contribution is 2.36. The molecule has 0 spiro atoms. The van der Waals surface area contributed by atoms with E-state index in [2.05, 4.69) is 49.0 Å². The van der Waals surface area contributed by atoms with Gasteiger partial charge in [0.05, 0.1) is 11.4 Å². The van der Waals surface area contributed by atoms with Crippen LogP contribution in [0.3, 0.4) is 0 Å². The summed E-state index contributed by atoms with van der Waals surface area (Å²) in [5.74, 6) is 0. The van der Waals surface area contributed by atoms with Gasteiger partial charge in [-0.3, -0.25) is 0 Å². The SMILES string of the molecule is Cc1cccc2c1N(C)CC(CCN)N2C. The number of likely N-dealkylation sites (N-methyl/N-ethyl adjacent to an activating group) is 2. The molecule has 3 heteroatoms. The van der Waals surface area contributed by atoms with Gasteiger partial charge in [0.25, 0.3) is 0 Å². The Bertz CT molecular complexity index is 375. The van der Waals surface area contributed by atoms with E-state index in [0.717, 1.165) is 19.5 Å². The van der Waals surface area contributed by atoms with Gasteiger partial charge >= 0.3 is 0 Å². The highest BCUT2D eigenvalue weighted by molar-refractivity contribution is 5.76. The van der Waals surface area contributed by atoms with Gasteiger partial charge in [0, 0.05) is 26.7 Å². The number of benzene rings is 1. The minimum atomic E-state index is 0.532. The number of nitrogens with zero attached hydrogens (tertiary/aromatic N) is 2. The van der Waals surface area contributed by atoms with Crippen LogP contribution >= 0.6 is 0 Å². The van der Waals surface area contributed by atoms with E-state index in [1.165, 1.54) is 16.9 Å². The Morgan fingerprint density at radius 3 is 2.81 bits per heavy atom. The molecular weight excluding hydrogens is 198 g/mol. The summed E-state index contributed by atoms with van der Waals surface area (Å²) in [5.41, 5.74) is 9.70. The van der Waals surface area contributed by atoms with Gasteiger partial charge in [-0.1, -0.05) is 12.1 Å². The Labute approximate surface area is 97.8 Å². The van der Waals surface area contributed by atoms with E-state index >= 15 is 0 Å². The molecule has 0 aliphatic carbocycles. The third-order valence-electron chi connectivity index (χ3n) is 3.51. The van der Waals surface area contributed by atoms with Crippen molar-refractivity contribution in [1.29, 1.82) is 0 Å². The second-order valence-electron chi connectivity index (χ2n) is 4.67. The highest BCUT2D eigenvalue weighted by Gasteiger charge is 2.26. The van der Waals surface area contributed by atoms with Gasteiger partial charge in [-0.15, -0.1) is 0 Å². The molecule has 0 radical (unpaired) electrons. The molecule has 1 unspecified atom stereocenters. The van der Waals surface area contributed by atoms with Gasteiger partial charge in [-0.2, -0.15) is 0 Å². The Morgan fingerprint density at radius 1 is 1.38 bits per heavy atom. The van der Waals surface area contributed by atoms with Crippen molar-refractivity contribution in [2.75, 3.05) is 37.0 Å². The largest absolute Gasteiger partial charge is 0.371 e. The van der Waals surface area contributed by atoms with Crippen LogP contribution in [-0.2, 0) is 0 Å². The predicted octanol–water partition coefficient (Wildman–Crippen LogP) is 1.60. The molecule has 3 nitrogen and oxygen atoms in total. The minimum Gasteiger partial charge on any atom is -0.371 e. The van der Waals surface area contributed by atoms with Gasteiger partial charge in [0.1, 0.15) is 0 Å². The first kappa shape index (κ1) is 11.3. The molecule has 88 valence electrons. The number of fused-ring (bicyclic) bond motifs is 1. The molecule has 2 N–H and O–H groups in total.